The molecule has 11 heteroatoms. The zero-order valence-corrected chi connectivity index (χ0v) is 23.1. The van der Waals surface area contributed by atoms with E-state index in [0.29, 0.717) is 45.1 Å². The quantitative estimate of drug-likeness (QED) is 0.523. The molecule has 3 N–H and O–H groups in total. The van der Waals surface area contributed by atoms with Crippen LogP contribution < -0.4 is 11.1 Å². The van der Waals surface area contributed by atoms with Crippen LogP contribution in [0.5, 0.6) is 0 Å². The van der Waals surface area contributed by atoms with Crippen molar-refractivity contribution in [3.8, 4) is 0 Å². The number of ether oxygens (including phenoxy) is 1. The number of hydrogen-bond donors (Lipinski definition) is 2. The number of nitrogens with two attached hydrogens (primary N) is 1. The second-order valence-corrected chi connectivity index (χ2v) is 12.2. The van der Waals surface area contributed by atoms with Crippen molar-refractivity contribution >= 4 is 12.0 Å². The number of rotatable bonds is 7. The lowest BCUT2D eigenvalue weighted by Gasteiger charge is -2.37. The Morgan fingerprint density at radius 2 is 1.62 bits per heavy atom. The Balaban J connectivity index is 1.03. The van der Waals surface area contributed by atoms with Gasteiger partial charge >= 0.3 is 12.3 Å². The van der Waals surface area contributed by atoms with Crippen molar-refractivity contribution < 1.29 is 27.5 Å². The number of carbonyl (C=O) groups is 2. The standard InChI is InChI=1S/C29H42F3N5O3/c30-29(31,32)24-7-3-21(4-8-24)17-35-15-11-28(12-16-35)19-37(27(39)40-28)18-22-1-5-23(6-2-22)26(38)34-25-9-13-36(20-33)14-10-25/h3-4,7-8,22-23,25H,1-2,5-6,9-20,33H2,(H,34,38)/t22-,23+. The largest absolute Gasteiger partial charge is 0.441 e. The number of nitrogens with one attached hydrogen (secondary N) is 1. The van der Waals surface area contributed by atoms with Crippen LogP contribution in [0.1, 0.15) is 62.5 Å². The van der Waals surface area contributed by atoms with Crippen LogP contribution in [0.3, 0.4) is 0 Å². The van der Waals surface area contributed by atoms with Gasteiger partial charge < -0.3 is 20.7 Å². The molecule has 5 rings (SSSR count). The van der Waals surface area contributed by atoms with Crippen molar-refractivity contribution in [1.29, 1.82) is 0 Å². The van der Waals surface area contributed by atoms with Gasteiger partial charge in [0.1, 0.15) is 5.60 Å². The molecule has 0 bridgehead atoms. The number of likely N-dealkylation sites (tertiary alicyclic amines) is 2. The van der Waals surface area contributed by atoms with Crippen LogP contribution >= 0.6 is 0 Å². The minimum absolute atomic E-state index is 0.0506. The summed E-state index contributed by atoms with van der Waals surface area (Å²) >= 11 is 0. The fourth-order valence-corrected chi connectivity index (χ4v) is 6.77. The maximum atomic E-state index is 12.8. The summed E-state index contributed by atoms with van der Waals surface area (Å²) in [6, 6.07) is 5.57. The highest BCUT2D eigenvalue weighted by molar-refractivity contribution is 5.79. The molecule has 1 spiro atoms. The van der Waals surface area contributed by atoms with E-state index in [1.54, 1.807) is 0 Å². The minimum atomic E-state index is -4.33. The van der Waals surface area contributed by atoms with Gasteiger partial charge in [0.2, 0.25) is 5.91 Å². The molecule has 40 heavy (non-hydrogen) atoms. The Kier molecular flexibility index (Phi) is 8.92. The molecule has 222 valence electrons. The highest BCUT2D eigenvalue weighted by Crippen LogP contribution is 2.37. The summed E-state index contributed by atoms with van der Waals surface area (Å²) in [6.07, 6.45) is 2.32. The van der Waals surface area contributed by atoms with Gasteiger partial charge in [0.05, 0.1) is 12.1 Å². The Bertz CT molecular complexity index is 1010. The minimum Gasteiger partial charge on any atom is -0.441 e. The van der Waals surface area contributed by atoms with Gasteiger partial charge in [-0.3, -0.25) is 14.6 Å². The second kappa shape index (κ2) is 12.2. The molecule has 0 aromatic heterocycles. The summed E-state index contributed by atoms with van der Waals surface area (Å²) in [7, 11) is 0. The molecule has 1 aromatic carbocycles. The summed E-state index contributed by atoms with van der Waals surface area (Å²) in [5, 5.41) is 3.25. The van der Waals surface area contributed by atoms with Crippen molar-refractivity contribution in [2.45, 2.75) is 75.7 Å². The number of halogens is 3. The van der Waals surface area contributed by atoms with E-state index in [4.69, 9.17) is 10.5 Å². The average Bonchev–Trinajstić information content (AvgIpc) is 3.24. The number of alkyl halides is 3. The lowest BCUT2D eigenvalue weighted by atomic mass is 9.81. The van der Waals surface area contributed by atoms with Gasteiger partial charge in [-0.25, -0.2) is 4.79 Å². The normalized spacial score (nSPS) is 26.7. The topological polar surface area (TPSA) is 91.1 Å². The van der Waals surface area contributed by atoms with E-state index in [1.807, 2.05) is 4.90 Å². The molecule has 2 amide bonds. The van der Waals surface area contributed by atoms with Crippen LogP contribution in [-0.2, 0) is 22.3 Å². The number of carbonyl (C=O) groups excluding carboxylic acids is 2. The number of benzene rings is 1. The van der Waals surface area contributed by atoms with Crippen LogP contribution in [0, 0.1) is 11.8 Å². The first-order chi connectivity index (χ1) is 19.1. The predicted molar refractivity (Wildman–Crippen MR) is 144 cm³/mol. The van der Waals surface area contributed by atoms with E-state index < -0.39 is 17.3 Å². The van der Waals surface area contributed by atoms with E-state index >= 15 is 0 Å². The van der Waals surface area contributed by atoms with Gasteiger partial charge in [0, 0.05) is 70.7 Å². The molecule has 3 aliphatic heterocycles. The van der Waals surface area contributed by atoms with Crippen LogP contribution in [-0.4, -0.2) is 84.3 Å². The molecule has 1 aliphatic carbocycles. The molecule has 4 fully saturated rings. The number of piperidine rings is 2. The molecule has 8 nitrogen and oxygen atoms in total. The lowest BCUT2D eigenvalue weighted by molar-refractivity contribution is -0.137. The van der Waals surface area contributed by atoms with Crippen LogP contribution in [0.25, 0.3) is 0 Å². The van der Waals surface area contributed by atoms with E-state index in [1.165, 1.54) is 12.1 Å². The van der Waals surface area contributed by atoms with Gasteiger partial charge in [-0.1, -0.05) is 12.1 Å². The van der Waals surface area contributed by atoms with E-state index in [9.17, 15) is 22.8 Å². The summed E-state index contributed by atoms with van der Waals surface area (Å²) in [6.45, 7) is 5.72. The first-order valence-electron chi connectivity index (χ1n) is 14.7. The summed E-state index contributed by atoms with van der Waals surface area (Å²) < 4.78 is 44.4. The SMILES string of the molecule is NCN1CCC(NC(=O)[C@H]2CC[C@@H](CN3CC4(CCN(Cc5ccc(C(F)(F)F)cc5)CC4)OC3=O)CC2)CC1. The molecule has 0 atom stereocenters. The molecule has 0 unspecified atom stereocenters. The first-order valence-corrected chi connectivity index (χ1v) is 14.7. The smallest absolute Gasteiger partial charge is 0.416 e. The van der Waals surface area contributed by atoms with Crippen molar-refractivity contribution in [3.05, 3.63) is 35.4 Å². The summed E-state index contributed by atoms with van der Waals surface area (Å²) in [5.74, 6) is 0.598. The van der Waals surface area contributed by atoms with E-state index in [-0.39, 0.29) is 24.0 Å². The maximum absolute atomic E-state index is 12.8. The van der Waals surface area contributed by atoms with Crippen molar-refractivity contribution in [2.75, 3.05) is 45.9 Å². The molecular weight excluding hydrogens is 523 g/mol. The Labute approximate surface area is 234 Å². The van der Waals surface area contributed by atoms with Gasteiger partial charge in [-0.05, 0) is 62.1 Å². The van der Waals surface area contributed by atoms with Crippen molar-refractivity contribution in [3.63, 3.8) is 0 Å². The van der Waals surface area contributed by atoms with Gasteiger partial charge in [-0.2, -0.15) is 13.2 Å². The molecule has 1 saturated carbocycles. The third kappa shape index (κ3) is 7.09. The zero-order chi connectivity index (χ0) is 28.3. The first kappa shape index (κ1) is 29.1. The number of hydrogen-bond acceptors (Lipinski definition) is 6. The molecule has 0 radical (unpaired) electrons. The van der Waals surface area contributed by atoms with Crippen molar-refractivity contribution in [1.82, 2.24) is 20.0 Å². The Hall–Kier alpha value is -2.37. The Morgan fingerprint density at radius 1 is 0.975 bits per heavy atom. The molecule has 3 saturated heterocycles. The van der Waals surface area contributed by atoms with Gasteiger partial charge in [-0.15, -0.1) is 0 Å². The lowest BCUT2D eigenvalue weighted by Crippen LogP contribution is -2.48. The molecule has 3 heterocycles. The third-order valence-corrected chi connectivity index (χ3v) is 9.38. The predicted octanol–water partition coefficient (Wildman–Crippen LogP) is 3.80. The highest BCUT2D eigenvalue weighted by Gasteiger charge is 2.47. The zero-order valence-electron chi connectivity index (χ0n) is 23.1. The van der Waals surface area contributed by atoms with Crippen molar-refractivity contribution in [2.24, 2.45) is 17.6 Å². The number of amides is 2. The van der Waals surface area contributed by atoms with Gasteiger partial charge in [0.25, 0.3) is 0 Å². The van der Waals surface area contributed by atoms with E-state index in [2.05, 4.69) is 15.1 Å². The van der Waals surface area contributed by atoms with Crippen LogP contribution in [0.15, 0.2) is 24.3 Å². The molecular formula is C29H42F3N5O3. The highest BCUT2D eigenvalue weighted by atomic mass is 19.4. The van der Waals surface area contributed by atoms with Gasteiger partial charge in [0.15, 0.2) is 0 Å². The third-order valence-electron chi connectivity index (χ3n) is 9.38. The number of nitrogens with zero attached hydrogens (tertiary/aromatic N) is 3. The summed E-state index contributed by atoms with van der Waals surface area (Å²) in [5.41, 5.74) is 5.44. The van der Waals surface area contributed by atoms with Crippen LogP contribution in [0.4, 0.5) is 18.0 Å². The fourth-order valence-electron chi connectivity index (χ4n) is 6.77. The summed E-state index contributed by atoms with van der Waals surface area (Å²) in [4.78, 5) is 31.9. The maximum Gasteiger partial charge on any atom is 0.416 e. The Morgan fingerprint density at radius 3 is 2.23 bits per heavy atom. The second-order valence-electron chi connectivity index (χ2n) is 12.2. The molecule has 4 aliphatic rings. The van der Waals surface area contributed by atoms with E-state index in [0.717, 1.165) is 82.4 Å². The average molecular weight is 566 g/mol. The van der Waals surface area contributed by atoms with Crippen LogP contribution in [0.2, 0.25) is 0 Å². The monoisotopic (exact) mass is 565 g/mol. The fraction of sp³-hybridized carbons (Fsp3) is 0.724. The molecule has 1 aromatic rings.